The van der Waals surface area contributed by atoms with Crippen molar-refractivity contribution in [2.45, 2.75) is 12.5 Å². The molecule has 0 fully saturated rings. The lowest BCUT2D eigenvalue weighted by atomic mass is 10.1. The van der Waals surface area contributed by atoms with Gasteiger partial charge < -0.3 is 20.9 Å². The van der Waals surface area contributed by atoms with E-state index in [-0.39, 0.29) is 31.3 Å². The standard InChI is InChI=1S/C12H18N2O3.ClH/c1-17-10-4-2-3-9(7-10)11(15)8-14-12(16)5-6-13;/h2-4,7,11,15H,5-6,8,13H2,1H3,(H,14,16);1H. The number of amides is 1. The Morgan fingerprint density at radius 1 is 1.56 bits per heavy atom. The number of nitrogens with one attached hydrogen (secondary N) is 1. The molecule has 1 unspecified atom stereocenters. The van der Waals surface area contributed by atoms with E-state index in [0.717, 1.165) is 0 Å². The molecule has 1 atom stereocenters. The van der Waals surface area contributed by atoms with E-state index in [4.69, 9.17) is 10.5 Å². The van der Waals surface area contributed by atoms with Crippen molar-refractivity contribution in [3.8, 4) is 5.75 Å². The van der Waals surface area contributed by atoms with E-state index in [9.17, 15) is 9.90 Å². The minimum Gasteiger partial charge on any atom is -0.497 e. The quantitative estimate of drug-likeness (QED) is 0.710. The fourth-order valence-electron chi connectivity index (χ4n) is 1.40. The van der Waals surface area contributed by atoms with E-state index in [1.807, 2.05) is 0 Å². The Hall–Kier alpha value is -1.30. The Morgan fingerprint density at radius 2 is 2.28 bits per heavy atom. The van der Waals surface area contributed by atoms with Crippen molar-refractivity contribution in [1.82, 2.24) is 5.32 Å². The molecule has 6 heteroatoms. The summed E-state index contributed by atoms with van der Waals surface area (Å²) in [4.78, 5) is 11.2. The number of benzene rings is 1. The average molecular weight is 275 g/mol. The van der Waals surface area contributed by atoms with Gasteiger partial charge in [-0.1, -0.05) is 12.1 Å². The molecular weight excluding hydrogens is 256 g/mol. The van der Waals surface area contributed by atoms with Gasteiger partial charge in [-0.15, -0.1) is 12.4 Å². The van der Waals surface area contributed by atoms with E-state index in [1.165, 1.54) is 0 Å². The van der Waals surface area contributed by atoms with Gasteiger partial charge in [0.1, 0.15) is 5.75 Å². The lowest BCUT2D eigenvalue weighted by Gasteiger charge is -2.13. The third kappa shape index (κ3) is 5.35. The van der Waals surface area contributed by atoms with Crippen LogP contribution in [0.4, 0.5) is 0 Å². The number of carbonyl (C=O) groups excluding carboxylic acids is 1. The van der Waals surface area contributed by atoms with Crippen molar-refractivity contribution in [2.24, 2.45) is 5.73 Å². The summed E-state index contributed by atoms with van der Waals surface area (Å²) >= 11 is 0. The lowest BCUT2D eigenvalue weighted by Crippen LogP contribution is -2.29. The van der Waals surface area contributed by atoms with Gasteiger partial charge in [0.25, 0.3) is 0 Å². The molecule has 0 aliphatic carbocycles. The molecule has 1 rings (SSSR count). The normalized spacial score (nSPS) is 11.3. The molecule has 1 amide bonds. The second-order valence-electron chi connectivity index (χ2n) is 3.64. The van der Waals surface area contributed by atoms with Crippen molar-refractivity contribution in [3.63, 3.8) is 0 Å². The highest BCUT2D eigenvalue weighted by molar-refractivity contribution is 5.85. The molecule has 102 valence electrons. The second kappa shape index (κ2) is 8.74. The van der Waals surface area contributed by atoms with Gasteiger partial charge in [-0.05, 0) is 17.7 Å². The number of methoxy groups -OCH3 is 1. The van der Waals surface area contributed by atoms with Gasteiger partial charge in [-0.25, -0.2) is 0 Å². The first-order valence-corrected chi connectivity index (χ1v) is 5.46. The van der Waals surface area contributed by atoms with Crippen LogP contribution in [0.25, 0.3) is 0 Å². The van der Waals surface area contributed by atoms with E-state index >= 15 is 0 Å². The first kappa shape index (κ1) is 16.7. The molecule has 0 saturated carbocycles. The fraction of sp³-hybridized carbons (Fsp3) is 0.417. The molecule has 0 saturated heterocycles. The number of rotatable bonds is 6. The molecule has 0 bridgehead atoms. The summed E-state index contributed by atoms with van der Waals surface area (Å²) in [6.45, 7) is 0.479. The van der Waals surface area contributed by atoms with Crippen molar-refractivity contribution < 1.29 is 14.6 Å². The van der Waals surface area contributed by atoms with Gasteiger partial charge in [0.15, 0.2) is 0 Å². The molecule has 5 nitrogen and oxygen atoms in total. The predicted octanol–water partition coefficient (Wildman–Crippen LogP) is 0.615. The summed E-state index contributed by atoms with van der Waals surface area (Å²) in [5, 5.41) is 12.5. The van der Waals surface area contributed by atoms with E-state index in [1.54, 1.807) is 31.4 Å². The lowest BCUT2D eigenvalue weighted by molar-refractivity contribution is -0.121. The van der Waals surface area contributed by atoms with E-state index in [2.05, 4.69) is 5.32 Å². The maximum absolute atomic E-state index is 11.2. The number of hydrogen-bond donors (Lipinski definition) is 3. The number of carbonyl (C=O) groups is 1. The van der Waals surface area contributed by atoms with Crippen LogP contribution in [-0.4, -0.2) is 31.2 Å². The topological polar surface area (TPSA) is 84.6 Å². The van der Waals surface area contributed by atoms with Crippen molar-refractivity contribution in [1.29, 1.82) is 0 Å². The van der Waals surface area contributed by atoms with Crippen LogP contribution in [0.5, 0.6) is 5.75 Å². The molecule has 4 N–H and O–H groups in total. The Bertz CT molecular complexity index is 374. The van der Waals surface area contributed by atoms with E-state index in [0.29, 0.717) is 17.9 Å². The minimum atomic E-state index is -0.744. The molecule has 18 heavy (non-hydrogen) atoms. The van der Waals surface area contributed by atoms with Gasteiger partial charge in [-0.3, -0.25) is 4.79 Å². The van der Waals surface area contributed by atoms with Gasteiger partial charge in [0.05, 0.1) is 13.2 Å². The molecule has 1 aromatic rings. The van der Waals surface area contributed by atoms with Crippen LogP contribution in [0, 0.1) is 0 Å². The molecule has 0 radical (unpaired) electrons. The van der Waals surface area contributed by atoms with Gasteiger partial charge in [0, 0.05) is 19.5 Å². The first-order chi connectivity index (χ1) is 8.17. The fourth-order valence-corrected chi connectivity index (χ4v) is 1.40. The number of nitrogens with two attached hydrogens (primary N) is 1. The third-order valence-corrected chi connectivity index (χ3v) is 2.34. The van der Waals surface area contributed by atoms with Crippen molar-refractivity contribution in [2.75, 3.05) is 20.2 Å². The Morgan fingerprint density at radius 3 is 2.89 bits per heavy atom. The summed E-state index contributed by atoms with van der Waals surface area (Å²) in [6.07, 6.45) is -0.475. The second-order valence-corrected chi connectivity index (χ2v) is 3.64. The highest BCUT2D eigenvalue weighted by atomic mass is 35.5. The van der Waals surface area contributed by atoms with Crippen LogP contribution in [0.15, 0.2) is 24.3 Å². The molecule has 0 aliphatic heterocycles. The first-order valence-electron chi connectivity index (χ1n) is 5.46. The molecular formula is C12H19ClN2O3. The largest absolute Gasteiger partial charge is 0.497 e. The van der Waals surface area contributed by atoms with E-state index < -0.39 is 6.10 Å². The van der Waals surface area contributed by atoms with Crippen LogP contribution in [0.1, 0.15) is 18.1 Å². The van der Waals surface area contributed by atoms with Crippen LogP contribution < -0.4 is 15.8 Å². The average Bonchev–Trinajstić information content (AvgIpc) is 2.36. The van der Waals surface area contributed by atoms with Gasteiger partial charge >= 0.3 is 0 Å². The third-order valence-electron chi connectivity index (χ3n) is 2.34. The SMILES string of the molecule is COc1cccc(C(O)CNC(=O)CCN)c1.Cl. The number of hydrogen-bond acceptors (Lipinski definition) is 4. The maximum Gasteiger partial charge on any atom is 0.221 e. The van der Waals surface area contributed by atoms with Crippen LogP contribution >= 0.6 is 12.4 Å². The van der Waals surface area contributed by atoms with Crippen molar-refractivity contribution >= 4 is 18.3 Å². The number of halogens is 1. The molecule has 0 spiro atoms. The number of aliphatic hydroxyl groups excluding tert-OH is 1. The zero-order valence-corrected chi connectivity index (χ0v) is 11.1. The Balaban J connectivity index is 0.00000289. The Labute approximate surface area is 113 Å². The van der Waals surface area contributed by atoms with Crippen LogP contribution in [-0.2, 0) is 4.79 Å². The molecule has 0 aromatic heterocycles. The zero-order valence-electron chi connectivity index (χ0n) is 10.3. The summed E-state index contributed by atoms with van der Waals surface area (Å²) in [5.74, 6) is 0.518. The summed E-state index contributed by atoms with van der Waals surface area (Å²) < 4.78 is 5.05. The van der Waals surface area contributed by atoms with Crippen molar-refractivity contribution in [3.05, 3.63) is 29.8 Å². The maximum atomic E-state index is 11.2. The molecule has 1 aromatic carbocycles. The van der Waals surface area contributed by atoms with Crippen LogP contribution in [0.2, 0.25) is 0 Å². The molecule has 0 heterocycles. The minimum absolute atomic E-state index is 0. The van der Waals surface area contributed by atoms with Gasteiger partial charge in [0.2, 0.25) is 5.91 Å². The monoisotopic (exact) mass is 274 g/mol. The Kier molecular flexibility index (Phi) is 8.11. The number of aliphatic hydroxyl groups is 1. The highest BCUT2D eigenvalue weighted by Gasteiger charge is 2.09. The smallest absolute Gasteiger partial charge is 0.221 e. The molecule has 0 aliphatic rings. The van der Waals surface area contributed by atoms with Crippen LogP contribution in [0.3, 0.4) is 0 Å². The summed E-state index contributed by atoms with van der Waals surface area (Å²) in [6, 6.07) is 7.10. The summed E-state index contributed by atoms with van der Waals surface area (Å²) in [5.41, 5.74) is 5.95. The zero-order chi connectivity index (χ0) is 12.7. The predicted molar refractivity (Wildman–Crippen MR) is 71.9 cm³/mol. The van der Waals surface area contributed by atoms with Gasteiger partial charge in [-0.2, -0.15) is 0 Å². The highest BCUT2D eigenvalue weighted by Crippen LogP contribution is 2.18. The number of ether oxygens (including phenoxy) is 1. The summed E-state index contributed by atoms with van der Waals surface area (Å²) in [7, 11) is 1.56.